The Kier molecular flexibility index (Phi) is 16.5. The maximum Gasteiger partial charge on any atom is 4.00 e. The zero-order valence-electron chi connectivity index (χ0n) is 24.2. The van der Waals surface area contributed by atoms with E-state index in [4.69, 9.17) is 16.0 Å². The van der Waals surface area contributed by atoms with Crippen molar-refractivity contribution in [1.82, 2.24) is 4.98 Å². The Hall–Kier alpha value is -2.72. The Labute approximate surface area is 251 Å². The van der Waals surface area contributed by atoms with Gasteiger partial charge in [-0.25, -0.2) is 0 Å². The molecule has 3 aromatic carbocycles. The first-order valence-corrected chi connectivity index (χ1v) is 12.6. The van der Waals surface area contributed by atoms with Crippen LogP contribution in [0.4, 0.5) is 11.4 Å². The molecule has 0 unspecified atom stereocenters. The normalized spacial score (nSPS) is 9.61. The van der Waals surface area contributed by atoms with Gasteiger partial charge in [-0.05, 0) is 50.8 Å². The molecule has 1 N–H and O–H groups in total. The average Bonchev–Trinajstić information content (AvgIpc) is 2.89. The molecule has 0 aliphatic heterocycles. The summed E-state index contributed by atoms with van der Waals surface area (Å²) in [5.41, 5.74) is 18.9. The molecule has 0 atom stereocenters. The van der Waals surface area contributed by atoms with Crippen molar-refractivity contribution in [3.8, 4) is 11.3 Å². The van der Waals surface area contributed by atoms with Gasteiger partial charge in [0, 0.05) is 11.3 Å². The molecule has 0 bridgehead atoms. The maximum absolute atomic E-state index is 7.75. The third-order valence-electron chi connectivity index (χ3n) is 6.32. The number of benzene rings is 3. The minimum Gasteiger partial charge on any atom is -0.698 e. The topological polar surface area (TPSA) is 50.8 Å². The number of rotatable bonds is 7. The van der Waals surface area contributed by atoms with Gasteiger partial charge in [0.2, 0.25) is 0 Å². The third-order valence-corrected chi connectivity index (χ3v) is 6.32. The number of pyridine rings is 1. The van der Waals surface area contributed by atoms with Crippen LogP contribution >= 0.6 is 0 Å². The molecular formula is C34H43HfN3. The fourth-order valence-corrected chi connectivity index (χ4v) is 4.20. The van der Waals surface area contributed by atoms with Crippen LogP contribution in [-0.2, 0) is 51.7 Å². The van der Waals surface area contributed by atoms with Gasteiger partial charge in [0.05, 0.1) is 5.69 Å². The van der Waals surface area contributed by atoms with Crippen LogP contribution < -0.4 is 0 Å². The Balaban J connectivity index is 0.000000838. The molecule has 4 rings (SSSR count). The molecule has 0 fully saturated rings. The minimum absolute atomic E-state index is 0. The van der Waals surface area contributed by atoms with Crippen LogP contribution in [0.5, 0.6) is 0 Å². The zero-order chi connectivity index (χ0) is 25.2. The SMILES string of the molecule is CCc1cccc(-c2c(C)cccc2C[N-]c2ccccc2C)n1.CCc1cccc(CC)c1[NH-].[CH3-].[CH3-].[Hf+4]. The number of nitrogens with zero attached hydrogens (tertiary/aromatic N) is 2. The summed E-state index contributed by atoms with van der Waals surface area (Å²) in [7, 11) is 0. The van der Waals surface area contributed by atoms with E-state index in [9.17, 15) is 0 Å². The summed E-state index contributed by atoms with van der Waals surface area (Å²) in [6.07, 6.45) is 2.88. The number of aromatic nitrogens is 1. The molecule has 198 valence electrons. The van der Waals surface area contributed by atoms with Crippen LogP contribution in [0.15, 0.2) is 78.9 Å². The van der Waals surface area contributed by atoms with Crippen LogP contribution in [-0.4, -0.2) is 4.98 Å². The van der Waals surface area contributed by atoms with Crippen LogP contribution in [0.3, 0.4) is 0 Å². The van der Waals surface area contributed by atoms with Crippen molar-refractivity contribution in [2.75, 3.05) is 0 Å². The fraction of sp³-hybridized carbons (Fsp3) is 0.265. The van der Waals surface area contributed by atoms with Gasteiger partial charge in [-0.15, -0.1) is 17.9 Å². The second-order valence-electron chi connectivity index (χ2n) is 8.74. The van der Waals surface area contributed by atoms with Crippen LogP contribution in [0, 0.1) is 28.7 Å². The van der Waals surface area contributed by atoms with Crippen molar-refractivity contribution in [2.45, 2.75) is 60.4 Å². The Morgan fingerprint density at radius 3 is 1.82 bits per heavy atom. The first kappa shape index (κ1) is 35.3. The average molecular weight is 672 g/mol. The predicted molar refractivity (Wildman–Crippen MR) is 164 cm³/mol. The van der Waals surface area contributed by atoms with Crippen LogP contribution in [0.1, 0.15) is 54.3 Å². The van der Waals surface area contributed by atoms with Gasteiger partial charge in [-0.2, -0.15) is 0 Å². The van der Waals surface area contributed by atoms with Crippen LogP contribution in [0.2, 0.25) is 0 Å². The molecule has 1 aromatic heterocycles. The maximum atomic E-state index is 7.75. The summed E-state index contributed by atoms with van der Waals surface area (Å²) in [5.74, 6) is 0. The van der Waals surface area contributed by atoms with E-state index in [-0.39, 0.29) is 40.7 Å². The molecule has 0 saturated heterocycles. The van der Waals surface area contributed by atoms with Gasteiger partial charge in [-0.3, -0.25) is 4.98 Å². The van der Waals surface area contributed by atoms with E-state index in [1.54, 1.807) is 0 Å². The monoisotopic (exact) mass is 673 g/mol. The van der Waals surface area contributed by atoms with E-state index in [0.29, 0.717) is 6.54 Å². The van der Waals surface area contributed by atoms with Crippen molar-refractivity contribution < 1.29 is 25.8 Å². The van der Waals surface area contributed by atoms with Crippen LogP contribution in [0.25, 0.3) is 22.3 Å². The van der Waals surface area contributed by atoms with E-state index in [0.717, 1.165) is 53.2 Å². The minimum atomic E-state index is 0. The Morgan fingerprint density at radius 1 is 0.658 bits per heavy atom. The van der Waals surface area contributed by atoms with Crippen molar-refractivity contribution >= 4 is 11.4 Å². The quantitative estimate of drug-likeness (QED) is 0.142. The molecule has 0 saturated carbocycles. The van der Waals surface area contributed by atoms with Crippen molar-refractivity contribution in [3.05, 3.63) is 138 Å². The first-order valence-electron chi connectivity index (χ1n) is 12.6. The van der Waals surface area contributed by atoms with Gasteiger partial charge in [0.1, 0.15) is 0 Å². The molecule has 1 heterocycles. The molecule has 0 amide bonds. The number of nitrogens with one attached hydrogen (secondary N) is 1. The van der Waals surface area contributed by atoms with E-state index in [1.807, 2.05) is 30.3 Å². The van der Waals surface area contributed by atoms with E-state index >= 15 is 0 Å². The fourth-order valence-electron chi connectivity index (χ4n) is 4.20. The standard InChI is InChI=1S/C22H23N2.C10H14N.2CH3.Hf/c1-4-19-12-8-14-21(24-19)22-17(3)10-7-11-18(22)15-23-20-13-6-5-9-16(20)2;1-3-8-6-5-7-9(4-2)10(8)11;;;/h5-14H,4,15H2,1-3H3;5-7,11H,3-4H2,1-2H3;2*1H3;/q4*-1;+4. The molecule has 0 aliphatic carbocycles. The molecule has 3 nitrogen and oxygen atoms in total. The smallest absolute Gasteiger partial charge is 0.698 e. The molecule has 0 spiro atoms. The second-order valence-corrected chi connectivity index (χ2v) is 8.74. The number of aryl methyl sites for hydroxylation is 5. The summed E-state index contributed by atoms with van der Waals surface area (Å²) in [6, 6.07) is 27.0. The van der Waals surface area contributed by atoms with E-state index in [2.05, 4.69) is 83.1 Å². The first-order chi connectivity index (χ1) is 17.0. The summed E-state index contributed by atoms with van der Waals surface area (Å²) in [4.78, 5) is 4.81. The molecule has 0 aliphatic rings. The number of para-hydroxylation sites is 1. The third kappa shape index (κ3) is 9.23. The number of hydrogen-bond donors (Lipinski definition) is 0. The van der Waals surface area contributed by atoms with Gasteiger partial charge in [0.25, 0.3) is 0 Å². The van der Waals surface area contributed by atoms with Crippen molar-refractivity contribution in [3.63, 3.8) is 0 Å². The molecule has 0 radical (unpaired) electrons. The summed E-state index contributed by atoms with van der Waals surface area (Å²) >= 11 is 0. The van der Waals surface area contributed by atoms with Crippen molar-refractivity contribution in [2.24, 2.45) is 0 Å². The second kappa shape index (κ2) is 17.7. The molecule has 4 aromatic rings. The Bertz CT molecular complexity index is 1230. The zero-order valence-corrected chi connectivity index (χ0v) is 27.8. The largest absolute Gasteiger partial charge is 4.00 e. The van der Waals surface area contributed by atoms with E-state index < -0.39 is 0 Å². The molecular weight excluding hydrogens is 629 g/mol. The Morgan fingerprint density at radius 2 is 1.21 bits per heavy atom. The van der Waals surface area contributed by atoms with E-state index in [1.165, 1.54) is 22.3 Å². The van der Waals surface area contributed by atoms with Crippen molar-refractivity contribution in [1.29, 1.82) is 0 Å². The molecule has 4 heteroatoms. The van der Waals surface area contributed by atoms with Gasteiger partial charge < -0.3 is 25.9 Å². The van der Waals surface area contributed by atoms with Gasteiger partial charge in [0.15, 0.2) is 0 Å². The van der Waals surface area contributed by atoms with Gasteiger partial charge in [-0.1, -0.05) is 110 Å². The summed E-state index contributed by atoms with van der Waals surface area (Å²) < 4.78 is 0. The summed E-state index contributed by atoms with van der Waals surface area (Å²) in [6.45, 7) is 11.2. The number of hydrogen-bond acceptors (Lipinski definition) is 1. The predicted octanol–water partition coefficient (Wildman–Crippen LogP) is 10.5. The summed E-state index contributed by atoms with van der Waals surface area (Å²) in [5, 5.41) is 4.82. The van der Waals surface area contributed by atoms with Gasteiger partial charge >= 0.3 is 25.8 Å². The molecule has 38 heavy (non-hydrogen) atoms.